The first-order valence-electron chi connectivity index (χ1n) is 14.3. The van der Waals surface area contributed by atoms with Gasteiger partial charge in [0.05, 0.1) is 24.5 Å². The Kier molecular flexibility index (Phi) is 10.2. The van der Waals surface area contributed by atoms with Crippen molar-refractivity contribution in [3.8, 4) is 0 Å². The van der Waals surface area contributed by atoms with E-state index in [1.165, 1.54) is 5.57 Å². The van der Waals surface area contributed by atoms with Gasteiger partial charge in [-0.15, -0.1) is 0 Å². The molecular formula is C31H48O6. The first-order chi connectivity index (χ1) is 17.4. The number of allylic oxidation sites excluding steroid dienone is 3. The highest BCUT2D eigenvalue weighted by Crippen LogP contribution is 2.60. The van der Waals surface area contributed by atoms with Crippen LogP contribution < -0.4 is 0 Å². The maximum Gasteiger partial charge on any atom is 0.309 e. The predicted molar refractivity (Wildman–Crippen MR) is 145 cm³/mol. The molecule has 0 aromatic rings. The molecule has 6 heteroatoms. The van der Waals surface area contributed by atoms with Crippen molar-refractivity contribution in [2.75, 3.05) is 6.61 Å². The van der Waals surface area contributed by atoms with Gasteiger partial charge in [-0.3, -0.25) is 9.59 Å². The van der Waals surface area contributed by atoms with Crippen molar-refractivity contribution in [3.05, 3.63) is 35.5 Å². The molecule has 208 valence electrons. The molecule has 6 nitrogen and oxygen atoms in total. The summed E-state index contributed by atoms with van der Waals surface area (Å²) < 4.78 is 5.46. The highest BCUT2D eigenvalue weighted by Gasteiger charge is 2.52. The number of ether oxygens (including phenoxy) is 1. The van der Waals surface area contributed by atoms with Crippen LogP contribution in [-0.2, 0) is 14.3 Å². The smallest absolute Gasteiger partial charge is 0.309 e. The number of fused-ring (bicyclic) bond motifs is 1. The van der Waals surface area contributed by atoms with Crippen LogP contribution in [-0.4, -0.2) is 46.1 Å². The molecule has 3 aliphatic rings. The van der Waals surface area contributed by atoms with E-state index in [4.69, 9.17) is 9.84 Å². The Morgan fingerprint density at radius 2 is 1.89 bits per heavy atom. The van der Waals surface area contributed by atoms with Gasteiger partial charge in [0, 0.05) is 6.42 Å². The van der Waals surface area contributed by atoms with E-state index in [2.05, 4.69) is 46.4 Å². The first kappa shape index (κ1) is 29.6. The van der Waals surface area contributed by atoms with Crippen LogP contribution >= 0.6 is 0 Å². The summed E-state index contributed by atoms with van der Waals surface area (Å²) in [4.78, 5) is 24.1. The predicted octanol–water partition coefficient (Wildman–Crippen LogP) is 5.83. The third-order valence-corrected chi connectivity index (χ3v) is 9.49. The molecule has 0 spiro atoms. The van der Waals surface area contributed by atoms with Gasteiger partial charge in [0.25, 0.3) is 0 Å². The van der Waals surface area contributed by atoms with Crippen molar-refractivity contribution in [1.29, 1.82) is 0 Å². The van der Waals surface area contributed by atoms with Crippen molar-refractivity contribution in [3.63, 3.8) is 0 Å². The van der Waals surface area contributed by atoms with Crippen LogP contribution in [0.1, 0.15) is 91.9 Å². The van der Waals surface area contributed by atoms with Crippen molar-refractivity contribution in [2.45, 2.75) is 104 Å². The Hall–Kier alpha value is -1.92. The van der Waals surface area contributed by atoms with Gasteiger partial charge in [-0.1, -0.05) is 58.4 Å². The van der Waals surface area contributed by atoms with E-state index in [9.17, 15) is 19.8 Å². The summed E-state index contributed by atoms with van der Waals surface area (Å²) in [6.07, 6.45) is 11.0. The number of aliphatic hydroxyl groups is 2. The summed E-state index contributed by atoms with van der Waals surface area (Å²) >= 11 is 0. The molecule has 0 radical (unpaired) electrons. The molecule has 3 saturated carbocycles. The number of esters is 1. The molecular weight excluding hydrogens is 468 g/mol. The first-order valence-corrected chi connectivity index (χ1v) is 14.3. The summed E-state index contributed by atoms with van der Waals surface area (Å²) in [6.45, 7) is 12.9. The minimum Gasteiger partial charge on any atom is -0.481 e. The molecule has 0 amide bonds. The third kappa shape index (κ3) is 7.14. The van der Waals surface area contributed by atoms with E-state index in [0.717, 1.165) is 50.5 Å². The number of hydrogen-bond acceptors (Lipinski definition) is 5. The molecule has 0 aromatic heterocycles. The molecule has 37 heavy (non-hydrogen) atoms. The number of aliphatic hydroxyl groups excluding tert-OH is 2. The fraction of sp³-hybridized carbons (Fsp3) is 0.742. The zero-order valence-corrected chi connectivity index (χ0v) is 23.2. The minimum atomic E-state index is -0.956. The van der Waals surface area contributed by atoms with Gasteiger partial charge in [0.15, 0.2) is 0 Å². The zero-order chi connectivity index (χ0) is 27.3. The van der Waals surface area contributed by atoms with Crippen molar-refractivity contribution in [1.82, 2.24) is 0 Å². The second-order valence-corrected chi connectivity index (χ2v) is 12.4. The lowest BCUT2D eigenvalue weighted by atomic mass is 9.59. The van der Waals surface area contributed by atoms with Crippen molar-refractivity contribution >= 4 is 11.9 Å². The van der Waals surface area contributed by atoms with Crippen LogP contribution in [0, 0.1) is 35.0 Å². The van der Waals surface area contributed by atoms with Gasteiger partial charge in [0.2, 0.25) is 0 Å². The summed E-state index contributed by atoms with van der Waals surface area (Å²) in [5, 5.41) is 29.3. The van der Waals surface area contributed by atoms with Crippen LogP contribution in [0.3, 0.4) is 0 Å². The summed E-state index contributed by atoms with van der Waals surface area (Å²) in [6, 6.07) is 0. The largest absolute Gasteiger partial charge is 0.481 e. The second kappa shape index (κ2) is 12.8. The molecule has 3 N–H and O–H groups in total. The average molecular weight is 517 g/mol. The molecule has 0 heterocycles. The lowest BCUT2D eigenvalue weighted by Gasteiger charge is -2.45. The molecule has 3 rings (SSSR count). The topological polar surface area (TPSA) is 104 Å². The molecule has 3 aliphatic carbocycles. The average Bonchev–Trinajstić information content (AvgIpc) is 3.17. The molecule has 1 unspecified atom stereocenters. The third-order valence-electron chi connectivity index (χ3n) is 9.49. The summed E-state index contributed by atoms with van der Waals surface area (Å²) in [5.74, 6) is 0.0670. The van der Waals surface area contributed by atoms with Gasteiger partial charge in [-0.05, 0) is 85.2 Å². The molecule has 0 bridgehead atoms. The van der Waals surface area contributed by atoms with Crippen molar-refractivity contribution < 1.29 is 29.6 Å². The van der Waals surface area contributed by atoms with Crippen LogP contribution in [0.5, 0.6) is 0 Å². The van der Waals surface area contributed by atoms with Gasteiger partial charge in [-0.25, -0.2) is 0 Å². The molecule has 7 atom stereocenters. The summed E-state index contributed by atoms with van der Waals surface area (Å²) in [5.41, 5.74) is 3.18. The fourth-order valence-corrected chi connectivity index (χ4v) is 7.34. The van der Waals surface area contributed by atoms with Crippen molar-refractivity contribution in [2.24, 2.45) is 35.0 Å². The van der Waals surface area contributed by atoms with E-state index in [-0.39, 0.29) is 36.2 Å². The van der Waals surface area contributed by atoms with Gasteiger partial charge in [0.1, 0.15) is 6.61 Å². The maximum atomic E-state index is 13.1. The fourth-order valence-electron chi connectivity index (χ4n) is 7.34. The van der Waals surface area contributed by atoms with Crippen LogP contribution in [0.15, 0.2) is 35.5 Å². The molecule has 0 saturated heterocycles. The van der Waals surface area contributed by atoms with Gasteiger partial charge >= 0.3 is 11.9 Å². The molecule has 0 aliphatic heterocycles. The van der Waals surface area contributed by atoms with Crippen LogP contribution in [0.2, 0.25) is 0 Å². The zero-order valence-electron chi connectivity index (χ0n) is 23.2. The Morgan fingerprint density at radius 3 is 2.57 bits per heavy atom. The number of carboxylic acid groups (broad SMARTS) is 1. The lowest BCUT2D eigenvalue weighted by molar-refractivity contribution is -0.154. The number of aliphatic carboxylic acids is 1. The van der Waals surface area contributed by atoms with Gasteiger partial charge < -0.3 is 20.1 Å². The Morgan fingerprint density at radius 1 is 1.16 bits per heavy atom. The minimum absolute atomic E-state index is 0.0696. The van der Waals surface area contributed by atoms with E-state index >= 15 is 0 Å². The standard InChI is InChI=1S/C31H48O6/c1-19(2)8-11-25(30(36)37-16-14-29(34)35)21(4)26-12-13-27-22(7-6-15-31(26,27)5)9-10-23-17-24(32)18-28(33)20(23)3/h9-10,19,21,24-28,32-33H,3,6-8,11-18H2,1-2,4-5H3,(H,34,35)/b22-9+,23-10-/t21-,24-,25?,26-,27+,28+,31-/m1/s1. The number of hydrogen-bond donors (Lipinski definition) is 3. The van der Waals surface area contributed by atoms with Crippen LogP contribution in [0.25, 0.3) is 0 Å². The summed E-state index contributed by atoms with van der Waals surface area (Å²) in [7, 11) is 0. The molecule has 0 aromatic carbocycles. The highest BCUT2D eigenvalue weighted by atomic mass is 16.5. The van der Waals surface area contributed by atoms with Gasteiger partial charge in [-0.2, -0.15) is 0 Å². The Labute approximate surface area is 222 Å². The Balaban J connectivity index is 1.78. The van der Waals surface area contributed by atoms with E-state index < -0.39 is 18.2 Å². The number of carboxylic acids is 1. The monoisotopic (exact) mass is 516 g/mol. The Bertz CT molecular complexity index is 901. The van der Waals surface area contributed by atoms with E-state index in [1.807, 2.05) is 0 Å². The highest BCUT2D eigenvalue weighted by molar-refractivity contribution is 5.73. The maximum absolute atomic E-state index is 13.1. The molecule has 3 fully saturated rings. The van der Waals surface area contributed by atoms with Crippen LogP contribution in [0.4, 0.5) is 0 Å². The number of carbonyl (C=O) groups excluding carboxylic acids is 1. The normalized spacial score (nSPS) is 34.0. The number of carbonyl (C=O) groups is 2. The van der Waals surface area contributed by atoms with E-state index in [0.29, 0.717) is 36.2 Å². The quantitative estimate of drug-likeness (QED) is 0.316. The lowest BCUT2D eigenvalue weighted by Crippen LogP contribution is -2.40. The second-order valence-electron chi connectivity index (χ2n) is 12.4. The SMILES string of the molecule is C=C1/C(=C\C=C2/CCC[C@]3(C)[C@@H]([C@H](C)C(CCC(C)C)C(=O)OCCC(=O)O)CC[C@@H]23)C[C@@H](O)C[C@@H]1O. The van der Waals surface area contributed by atoms with E-state index in [1.54, 1.807) is 0 Å². The number of rotatable bonds is 10.